The number of halogens is 1. The van der Waals surface area contributed by atoms with E-state index in [1.54, 1.807) is 0 Å². The van der Waals surface area contributed by atoms with Gasteiger partial charge in [0.25, 0.3) is 0 Å². The van der Waals surface area contributed by atoms with Crippen molar-refractivity contribution in [2.45, 2.75) is 13.3 Å². The quantitative estimate of drug-likeness (QED) is 0.451. The molecular formula is C18H19ClO2. The van der Waals surface area contributed by atoms with Gasteiger partial charge >= 0.3 is 0 Å². The molecule has 2 aromatic rings. The molecule has 0 saturated heterocycles. The van der Waals surface area contributed by atoms with Crippen LogP contribution in [0.25, 0.3) is 10.8 Å². The summed E-state index contributed by atoms with van der Waals surface area (Å²) in [5.41, 5.74) is 0.908. The molecule has 2 nitrogen and oxygen atoms in total. The van der Waals surface area contributed by atoms with Gasteiger partial charge in [-0.1, -0.05) is 42.2 Å². The van der Waals surface area contributed by atoms with Crippen LogP contribution in [0.1, 0.15) is 18.9 Å². The molecule has 3 heteroatoms. The molecule has 0 spiro atoms. The van der Waals surface area contributed by atoms with E-state index >= 15 is 0 Å². The van der Waals surface area contributed by atoms with Crippen LogP contribution in [-0.4, -0.2) is 25.7 Å². The van der Waals surface area contributed by atoms with Crippen LogP contribution in [0.5, 0.6) is 5.75 Å². The van der Waals surface area contributed by atoms with Gasteiger partial charge in [0.05, 0.1) is 18.1 Å². The van der Waals surface area contributed by atoms with Crippen molar-refractivity contribution in [1.82, 2.24) is 0 Å². The van der Waals surface area contributed by atoms with Gasteiger partial charge in [-0.25, -0.2) is 0 Å². The number of rotatable bonds is 6. The maximum atomic E-state index is 5.86. The van der Waals surface area contributed by atoms with Crippen LogP contribution in [0.4, 0.5) is 0 Å². The van der Waals surface area contributed by atoms with E-state index in [1.807, 2.05) is 25.1 Å². The zero-order valence-corrected chi connectivity index (χ0v) is 13.0. The maximum Gasteiger partial charge on any atom is 0.135 e. The van der Waals surface area contributed by atoms with E-state index in [1.165, 1.54) is 0 Å². The van der Waals surface area contributed by atoms with Gasteiger partial charge in [0.2, 0.25) is 0 Å². The molecular weight excluding hydrogens is 284 g/mol. The van der Waals surface area contributed by atoms with Crippen LogP contribution in [0, 0.1) is 11.8 Å². The highest BCUT2D eigenvalue weighted by atomic mass is 35.5. The molecule has 0 heterocycles. The fourth-order valence-corrected chi connectivity index (χ4v) is 2.18. The van der Waals surface area contributed by atoms with E-state index in [9.17, 15) is 0 Å². The predicted molar refractivity (Wildman–Crippen MR) is 88.2 cm³/mol. The largest absolute Gasteiger partial charge is 0.492 e. The van der Waals surface area contributed by atoms with Crippen molar-refractivity contribution in [2.75, 3.05) is 25.7 Å². The molecule has 0 aliphatic rings. The molecule has 0 aliphatic carbocycles. The summed E-state index contributed by atoms with van der Waals surface area (Å²) < 4.78 is 11.2. The molecule has 21 heavy (non-hydrogen) atoms. The van der Waals surface area contributed by atoms with Crippen LogP contribution in [0.3, 0.4) is 0 Å². The van der Waals surface area contributed by atoms with Crippen LogP contribution in [-0.2, 0) is 4.74 Å². The van der Waals surface area contributed by atoms with Crippen molar-refractivity contribution in [3.63, 3.8) is 0 Å². The standard InChI is InChI=1S/C18H19ClO2/c1-2-20-13-6-14-21-18-11-10-15-7-3-4-8-16(15)17(18)9-5-12-19/h3-4,7-8,10-11H,2,6,12-14H2,1H3. The highest BCUT2D eigenvalue weighted by molar-refractivity contribution is 6.19. The molecule has 0 aromatic heterocycles. The van der Waals surface area contributed by atoms with Crippen molar-refractivity contribution < 1.29 is 9.47 Å². The summed E-state index contributed by atoms with van der Waals surface area (Å²) in [6, 6.07) is 12.2. The Balaban J connectivity index is 2.21. The topological polar surface area (TPSA) is 18.5 Å². The highest BCUT2D eigenvalue weighted by Crippen LogP contribution is 2.27. The Bertz CT molecular complexity index is 640. The summed E-state index contributed by atoms with van der Waals surface area (Å²) in [6.07, 6.45) is 0.864. The highest BCUT2D eigenvalue weighted by Gasteiger charge is 2.06. The van der Waals surface area contributed by atoms with Gasteiger partial charge < -0.3 is 9.47 Å². The smallest absolute Gasteiger partial charge is 0.135 e. The predicted octanol–water partition coefficient (Wildman–Crippen LogP) is 4.24. The molecule has 0 bridgehead atoms. The normalized spacial score (nSPS) is 10.2. The number of alkyl halides is 1. The van der Waals surface area contributed by atoms with Crippen molar-refractivity contribution in [2.24, 2.45) is 0 Å². The van der Waals surface area contributed by atoms with Crippen molar-refractivity contribution in [1.29, 1.82) is 0 Å². The van der Waals surface area contributed by atoms with E-state index in [4.69, 9.17) is 21.1 Å². The number of ether oxygens (including phenoxy) is 2. The first-order chi connectivity index (χ1) is 10.4. The minimum atomic E-state index is 0.313. The van der Waals surface area contributed by atoms with Crippen LogP contribution < -0.4 is 4.74 Å². The molecule has 0 unspecified atom stereocenters. The average Bonchev–Trinajstić information content (AvgIpc) is 2.53. The Morgan fingerprint density at radius 2 is 1.95 bits per heavy atom. The second-order valence-corrected chi connectivity index (χ2v) is 4.76. The van der Waals surface area contributed by atoms with E-state index in [0.717, 1.165) is 35.1 Å². The van der Waals surface area contributed by atoms with Gasteiger partial charge in [0.15, 0.2) is 0 Å². The van der Waals surface area contributed by atoms with Crippen LogP contribution in [0.2, 0.25) is 0 Å². The molecule has 110 valence electrons. The molecule has 0 saturated carbocycles. The van der Waals surface area contributed by atoms with Crippen molar-refractivity contribution in [3.8, 4) is 17.6 Å². The lowest BCUT2D eigenvalue weighted by molar-refractivity contribution is 0.131. The van der Waals surface area contributed by atoms with Crippen molar-refractivity contribution in [3.05, 3.63) is 42.0 Å². The molecule has 0 radical (unpaired) electrons. The maximum absolute atomic E-state index is 5.86. The van der Waals surface area contributed by atoms with Crippen molar-refractivity contribution >= 4 is 22.4 Å². The van der Waals surface area contributed by atoms with Gasteiger partial charge in [-0.2, -0.15) is 0 Å². The first-order valence-corrected chi connectivity index (χ1v) is 7.67. The van der Waals surface area contributed by atoms with Gasteiger partial charge in [-0.3, -0.25) is 0 Å². The van der Waals surface area contributed by atoms with Gasteiger partial charge in [0.1, 0.15) is 5.75 Å². The van der Waals surface area contributed by atoms with Gasteiger partial charge in [-0.05, 0) is 18.4 Å². The lowest BCUT2D eigenvalue weighted by Gasteiger charge is -2.11. The zero-order chi connectivity index (χ0) is 14.9. The fourth-order valence-electron chi connectivity index (χ4n) is 2.11. The van der Waals surface area contributed by atoms with E-state index in [-0.39, 0.29) is 0 Å². The van der Waals surface area contributed by atoms with E-state index < -0.39 is 0 Å². The van der Waals surface area contributed by atoms with E-state index in [2.05, 4.69) is 30.0 Å². The summed E-state index contributed by atoms with van der Waals surface area (Å²) in [4.78, 5) is 0. The third kappa shape index (κ3) is 4.39. The zero-order valence-electron chi connectivity index (χ0n) is 12.2. The Kier molecular flexibility index (Phi) is 6.40. The van der Waals surface area contributed by atoms with Gasteiger partial charge in [0, 0.05) is 25.0 Å². The third-order valence-electron chi connectivity index (χ3n) is 3.07. The van der Waals surface area contributed by atoms with Crippen LogP contribution in [0.15, 0.2) is 36.4 Å². The summed E-state index contributed by atoms with van der Waals surface area (Å²) in [5, 5.41) is 2.25. The molecule has 2 aromatic carbocycles. The lowest BCUT2D eigenvalue weighted by Crippen LogP contribution is -2.04. The monoisotopic (exact) mass is 302 g/mol. The number of hydrogen-bond acceptors (Lipinski definition) is 2. The summed E-state index contributed by atoms with van der Waals surface area (Å²) in [7, 11) is 0. The Labute approximate surface area is 131 Å². The van der Waals surface area contributed by atoms with Gasteiger partial charge in [-0.15, -0.1) is 11.6 Å². The van der Waals surface area contributed by atoms with Crippen LogP contribution >= 0.6 is 11.6 Å². The molecule has 0 atom stereocenters. The third-order valence-corrected chi connectivity index (χ3v) is 3.20. The summed E-state index contributed by atoms with van der Waals surface area (Å²) >= 11 is 5.69. The number of benzene rings is 2. The Hall–Kier alpha value is -1.69. The Morgan fingerprint density at radius 1 is 1.10 bits per heavy atom. The number of hydrogen-bond donors (Lipinski definition) is 0. The molecule has 2 rings (SSSR count). The fraction of sp³-hybridized carbons (Fsp3) is 0.333. The minimum Gasteiger partial charge on any atom is -0.492 e. The molecule has 0 aliphatic heterocycles. The summed E-state index contributed by atoms with van der Waals surface area (Å²) in [6.45, 7) is 4.06. The first-order valence-electron chi connectivity index (χ1n) is 7.14. The Morgan fingerprint density at radius 3 is 2.76 bits per heavy atom. The second-order valence-electron chi connectivity index (χ2n) is 4.49. The molecule has 0 amide bonds. The number of fused-ring (bicyclic) bond motifs is 1. The second kappa shape index (κ2) is 8.56. The summed E-state index contributed by atoms with van der Waals surface area (Å²) in [5.74, 6) is 7.16. The minimum absolute atomic E-state index is 0.313. The lowest BCUT2D eigenvalue weighted by atomic mass is 10.0. The first kappa shape index (κ1) is 15.7. The molecule has 0 N–H and O–H groups in total. The van der Waals surface area contributed by atoms with E-state index in [0.29, 0.717) is 19.1 Å². The average molecular weight is 303 g/mol. The SMILES string of the molecule is CCOCCCOc1ccc2ccccc2c1C#CCCl. The molecule has 0 fully saturated rings.